The highest BCUT2D eigenvalue weighted by Gasteiger charge is 2.47. The van der Waals surface area contributed by atoms with Gasteiger partial charge in [-0.1, -0.05) is 56.3 Å². The van der Waals surface area contributed by atoms with Gasteiger partial charge in [-0.15, -0.1) is 0 Å². The van der Waals surface area contributed by atoms with Crippen molar-refractivity contribution >= 4 is 0 Å². The summed E-state index contributed by atoms with van der Waals surface area (Å²) in [7, 11) is 0. The van der Waals surface area contributed by atoms with E-state index in [1.165, 1.54) is 17.7 Å². The molecular formula is C27H35FN2. The molecule has 0 bridgehead atoms. The number of nitriles is 1. The quantitative estimate of drug-likeness (QED) is 0.402. The van der Waals surface area contributed by atoms with E-state index in [0.717, 1.165) is 63.6 Å². The third-order valence-electron chi connectivity index (χ3n) is 6.73. The van der Waals surface area contributed by atoms with Crippen LogP contribution in [0.4, 0.5) is 4.39 Å². The van der Waals surface area contributed by atoms with Gasteiger partial charge in [0.05, 0.1) is 11.5 Å². The summed E-state index contributed by atoms with van der Waals surface area (Å²) in [6, 6.07) is 20.5. The van der Waals surface area contributed by atoms with Crippen molar-refractivity contribution in [2.24, 2.45) is 5.92 Å². The van der Waals surface area contributed by atoms with E-state index in [1.54, 1.807) is 0 Å². The zero-order valence-electron chi connectivity index (χ0n) is 18.5. The van der Waals surface area contributed by atoms with Gasteiger partial charge in [0, 0.05) is 12.6 Å². The van der Waals surface area contributed by atoms with Crippen LogP contribution in [-0.4, -0.2) is 24.0 Å². The molecule has 2 aromatic carbocycles. The Morgan fingerprint density at radius 1 is 1.07 bits per heavy atom. The van der Waals surface area contributed by atoms with Gasteiger partial charge in [-0.3, -0.25) is 0 Å². The summed E-state index contributed by atoms with van der Waals surface area (Å²) in [6.07, 6.45) is 7.35. The number of hydrogen-bond acceptors (Lipinski definition) is 2. The second-order valence-electron chi connectivity index (χ2n) is 8.74. The van der Waals surface area contributed by atoms with Gasteiger partial charge in [0.25, 0.3) is 0 Å². The third kappa shape index (κ3) is 5.49. The summed E-state index contributed by atoms with van der Waals surface area (Å²) >= 11 is 0. The molecule has 0 spiro atoms. The smallest absolute Gasteiger partial charge is 0.123 e. The van der Waals surface area contributed by atoms with Crippen molar-refractivity contribution in [2.45, 2.75) is 70.3 Å². The first kappa shape index (κ1) is 22.5. The van der Waals surface area contributed by atoms with Gasteiger partial charge in [0.2, 0.25) is 0 Å². The van der Waals surface area contributed by atoms with Gasteiger partial charge in [-0.05, 0) is 80.7 Å². The zero-order valence-corrected chi connectivity index (χ0v) is 18.5. The molecule has 0 aliphatic heterocycles. The molecule has 3 rings (SSSR count). The van der Waals surface area contributed by atoms with E-state index >= 15 is 0 Å². The summed E-state index contributed by atoms with van der Waals surface area (Å²) in [5.74, 6) is 0.178. The average Bonchev–Trinajstić information content (AvgIpc) is 3.62. The standard InChI is InChI=1S/C27H35FN2/c1-3-19-30(20-17-22-8-6-5-7-9-22)26(4-2)16-18-27(21-29,23-10-11-23)24-12-14-25(28)15-13-24/h5-9,12-15,23,26H,3-4,10-11,16-20H2,1-2H3. The molecule has 2 nitrogen and oxygen atoms in total. The highest BCUT2D eigenvalue weighted by molar-refractivity contribution is 5.35. The van der Waals surface area contributed by atoms with Gasteiger partial charge in [0.1, 0.15) is 5.82 Å². The lowest BCUT2D eigenvalue weighted by Gasteiger charge is -2.34. The van der Waals surface area contributed by atoms with Gasteiger partial charge in [0.15, 0.2) is 0 Å². The van der Waals surface area contributed by atoms with E-state index < -0.39 is 5.41 Å². The Morgan fingerprint density at radius 3 is 2.33 bits per heavy atom. The molecule has 0 saturated heterocycles. The lowest BCUT2D eigenvalue weighted by molar-refractivity contribution is 0.172. The molecule has 0 heterocycles. The van der Waals surface area contributed by atoms with E-state index in [0.29, 0.717) is 12.0 Å². The summed E-state index contributed by atoms with van der Waals surface area (Å²) in [5.41, 5.74) is 1.90. The van der Waals surface area contributed by atoms with Gasteiger partial charge in [-0.25, -0.2) is 4.39 Å². The second-order valence-corrected chi connectivity index (χ2v) is 8.74. The van der Waals surface area contributed by atoms with Crippen molar-refractivity contribution in [3.05, 3.63) is 71.5 Å². The number of nitrogens with zero attached hydrogens (tertiary/aromatic N) is 2. The first-order chi connectivity index (χ1) is 14.6. The molecule has 1 saturated carbocycles. The number of hydrogen-bond donors (Lipinski definition) is 0. The van der Waals surface area contributed by atoms with Crippen LogP contribution in [0.3, 0.4) is 0 Å². The fraction of sp³-hybridized carbons (Fsp3) is 0.519. The Bertz CT molecular complexity index is 807. The molecule has 1 aliphatic rings. The lowest BCUT2D eigenvalue weighted by atomic mass is 9.73. The van der Waals surface area contributed by atoms with E-state index in [4.69, 9.17) is 0 Å². The first-order valence-electron chi connectivity index (χ1n) is 11.6. The molecule has 2 atom stereocenters. The van der Waals surface area contributed by atoms with Crippen molar-refractivity contribution in [3.8, 4) is 6.07 Å². The Morgan fingerprint density at radius 2 is 1.77 bits per heavy atom. The molecule has 1 fully saturated rings. The van der Waals surface area contributed by atoms with Crippen LogP contribution in [0.2, 0.25) is 0 Å². The van der Waals surface area contributed by atoms with Gasteiger partial charge >= 0.3 is 0 Å². The highest BCUT2D eigenvalue weighted by atomic mass is 19.1. The van der Waals surface area contributed by atoms with Crippen LogP contribution in [0, 0.1) is 23.1 Å². The first-order valence-corrected chi connectivity index (χ1v) is 11.6. The minimum atomic E-state index is -0.474. The van der Waals surface area contributed by atoms with Gasteiger partial charge < -0.3 is 4.90 Å². The normalized spacial score (nSPS) is 16.8. The molecule has 3 heteroatoms. The Kier molecular flexibility index (Phi) is 8.05. The summed E-state index contributed by atoms with van der Waals surface area (Å²) < 4.78 is 13.5. The highest BCUT2D eigenvalue weighted by Crippen LogP contribution is 2.50. The van der Waals surface area contributed by atoms with Gasteiger partial charge in [-0.2, -0.15) is 5.26 Å². The fourth-order valence-electron chi connectivity index (χ4n) is 4.84. The van der Waals surface area contributed by atoms with E-state index in [1.807, 2.05) is 12.1 Å². The van der Waals surface area contributed by atoms with Crippen molar-refractivity contribution < 1.29 is 4.39 Å². The molecule has 0 aromatic heterocycles. The third-order valence-corrected chi connectivity index (χ3v) is 6.73. The van der Waals surface area contributed by atoms with E-state index in [9.17, 15) is 9.65 Å². The molecule has 160 valence electrons. The number of rotatable bonds is 12. The monoisotopic (exact) mass is 406 g/mol. The Balaban J connectivity index is 1.71. The van der Waals surface area contributed by atoms with Crippen LogP contribution in [0.1, 0.15) is 63.5 Å². The van der Waals surface area contributed by atoms with Crippen LogP contribution in [-0.2, 0) is 11.8 Å². The van der Waals surface area contributed by atoms with E-state index in [-0.39, 0.29) is 5.82 Å². The van der Waals surface area contributed by atoms with Crippen molar-refractivity contribution in [1.29, 1.82) is 5.26 Å². The minimum absolute atomic E-state index is 0.233. The predicted octanol–water partition coefficient (Wildman–Crippen LogP) is 6.51. The number of halogens is 1. The maximum absolute atomic E-state index is 13.5. The number of benzene rings is 2. The van der Waals surface area contributed by atoms with Crippen molar-refractivity contribution in [2.75, 3.05) is 13.1 Å². The average molecular weight is 407 g/mol. The molecule has 2 aromatic rings. The van der Waals surface area contributed by atoms with Crippen LogP contribution in [0.25, 0.3) is 0 Å². The summed E-state index contributed by atoms with van der Waals surface area (Å²) in [4.78, 5) is 2.62. The van der Waals surface area contributed by atoms with Crippen molar-refractivity contribution in [3.63, 3.8) is 0 Å². The molecule has 0 radical (unpaired) electrons. The SMILES string of the molecule is CCCN(CCc1ccccc1)C(CC)CCC(C#N)(c1ccc(F)cc1)C1CC1. The fourth-order valence-corrected chi connectivity index (χ4v) is 4.84. The molecule has 2 unspecified atom stereocenters. The summed E-state index contributed by atoms with van der Waals surface area (Å²) in [5, 5.41) is 10.2. The maximum atomic E-state index is 13.5. The molecule has 1 aliphatic carbocycles. The maximum Gasteiger partial charge on any atom is 0.123 e. The zero-order chi connectivity index (χ0) is 21.4. The Labute approximate surface area is 181 Å². The van der Waals surface area contributed by atoms with Crippen molar-refractivity contribution in [1.82, 2.24) is 4.90 Å². The topological polar surface area (TPSA) is 27.0 Å². The molecule has 0 N–H and O–H groups in total. The molecule has 0 amide bonds. The van der Waals surface area contributed by atoms with Crippen LogP contribution >= 0.6 is 0 Å². The minimum Gasteiger partial charge on any atom is -0.300 e. The largest absolute Gasteiger partial charge is 0.300 e. The molecular weight excluding hydrogens is 371 g/mol. The van der Waals surface area contributed by atoms with Crippen LogP contribution in [0.15, 0.2) is 54.6 Å². The van der Waals surface area contributed by atoms with Crippen LogP contribution in [0.5, 0.6) is 0 Å². The summed E-state index contributed by atoms with van der Waals surface area (Å²) in [6.45, 7) is 6.64. The Hall–Kier alpha value is -2.18. The molecule has 30 heavy (non-hydrogen) atoms. The second kappa shape index (κ2) is 10.7. The predicted molar refractivity (Wildman–Crippen MR) is 122 cm³/mol. The van der Waals surface area contributed by atoms with Crippen LogP contribution < -0.4 is 0 Å². The lowest BCUT2D eigenvalue weighted by Crippen LogP contribution is -2.39. The van der Waals surface area contributed by atoms with E-state index in [2.05, 4.69) is 55.1 Å².